The molecule has 0 bridgehead atoms. The van der Waals surface area contributed by atoms with Crippen LogP contribution in [0.5, 0.6) is 5.88 Å². The van der Waals surface area contributed by atoms with Crippen LogP contribution >= 0.6 is 0 Å². The highest BCUT2D eigenvalue weighted by molar-refractivity contribution is 5.61. The van der Waals surface area contributed by atoms with Crippen LogP contribution < -0.4 is 4.74 Å². The summed E-state index contributed by atoms with van der Waals surface area (Å²) in [5, 5.41) is 8.13. The molecule has 0 aliphatic carbocycles. The zero-order valence-corrected chi connectivity index (χ0v) is 11.2. The second-order valence-electron chi connectivity index (χ2n) is 4.34. The Bertz CT molecular complexity index is 720. The number of benzene rings is 1. The van der Waals surface area contributed by atoms with E-state index in [0.717, 1.165) is 5.56 Å². The highest BCUT2D eigenvalue weighted by Gasteiger charge is 2.14. The van der Waals surface area contributed by atoms with Gasteiger partial charge in [-0.05, 0) is 31.2 Å². The van der Waals surface area contributed by atoms with Crippen molar-refractivity contribution < 1.29 is 9.15 Å². The predicted molar refractivity (Wildman–Crippen MR) is 74.3 cm³/mol. The van der Waals surface area contributed by atoms with Gasteiger partial charge in [0, 0.05) is 11.8 Å². The van der Waals surface area contributed by atoms with Crippen molar-refractivity contribution in [1.82, 2.24) is 15.2 Å². The Kier molecular flexibility index (Phi) is 3.16. The molecule has 5 heteroatoms. The molecule has 20 heavy (non-hydrogen) atoms. The van der Waals surface area contributed by atoms with E-state index in [0.29, 0.717) is 23.2 Å². The third kappa shape index (κ3) is 2.25. The molecule has 0 aliphatic heterocycles. The lowest BCUT2D eigenvalue weighted by Crippen LogP contribution is -1.90. The third-order valence-corrected chi connectivity index (χ3v) is 2.92. The number of pyridine rings is 1. The lowest BCUT2D eigenvalue weighted by molar-refractivity contribution is 0.397. The molecule has 0 amide bonds. The van der Waals surface area contributed by atoms with Crippen LogP contribution in [0.25, 0.3) is 22.9 Å². The van der Waals surface area contributed by atoms with Crippen molar-refractivity contribution in [3.05, 3.63) is 48.2 Å². The number of aryl methyl sites for hydroxylation is 1. The Labute approximate surface area is 116 Å². The van der Waals surface area contributed by atoms with Gasteiger partial charge in [0.1, 0.15) is 5.56 Å². The van der Waals surface area contributed by atoms with E-state index >= 15 is 0 Å². The highest BCUT2D eigenvalue weighted by Crippen LogP contribution is 2.28. The first kappa shape index (κ1) is 12.3. The molecular weight excluding hydrogens is 254 g/mol. The van der Waals surface area contributed by atoms with Crippen LogP contribution in [0.15, 0.2) is 47.0 Å². The molecule has 0 aliphatic rings. The van der Waals surface area contributed by atoms with Gasteiger partial charge in [-0.1, -0.05) is 17.7 Å². The van der Waals surface area contributed by atoms with E-state index < -0.39 is 0 Å². The average Bonchev–Trinajstić information content (AvgIpc) is 2.97. The summed E-state index contributed by atoms with van der Waals surface area (Å²) >= 11 is 0. The molecule has 0 saturated carbocycles. The number of hydrogen-bond donors (Lipinski definition) is 0. The van der Waals surface area contributed by atoms with Gasteiger partial charge < -0.3 is 9.15 Å². The zero-order valence-electron chi connectivity index (χ0n) is 11.2. The summed E-state index contributed by atoms with van der Waals surface area (Å²) in [6, 6.07) is 11.5. The number of aromatic nitrogens is 3. The van der Waals surface area contributed by atoms with E-state index in [1.165, 1.54) is 5.56 Å². The maximum absolute atomic E-state index is 5.70. The molecule has 3 aromatic rings. The SMILES string of the molecule is COc1ncccc1-c1nnc(-c2ccc(C)cc2)o1. The maximum Gasteiger partial charge on any atom is 0.253 e. The summed E-state index contributed by atoms with van der Waals surface area (Å²) in [7, 11) is 1.56. The Morgan fingerprint density at radius 3 is 2.50 bits per heavy atom. The van der Waals surface area contributed by atoms with E-state index in [1.54, 1.807) is 19.4 Å². The van der Waals surface area contributed by atoms with Crippen molar-refractivity contribution >= 4 is 0 Å². The van der Waals surface area contributed by atoms with Crippen LogP contribution in [0.2, 0.25) is 0 Å². The van der Waals surface area contributed by atoms with E-state index in [2.05, 4.69) is 15.2 Å². The minimum absolute atomic E-state index is 0.394. The molecule has 0 spiro atoms. The summed E-state index contributed by atoms with van der Waals surface area (Å²) in [5.74, 6) is 1.34. The van der Waals surface area contributed by atoms with Crippen molar-refractivity contribution in [2.45, 2.75) is 6.92 Å². The minimum atomic E-state index is 0.394. The lowest BCUT2D eigenvalue weighted by atomic mass is 10.1. The number of methoxy groups -OCH3 is 1. The van der Waals surface area contributed by atoms with E-state index in [1.807, 2.05) is 37.3 Å². The second kappa shape index (κ2) is 5.13. The molecule has 0 radical (unpaired) electrons. The van der Waals surface area contributed by atoms with Gasteiger partial charge in [-0.25, -0.2) is 4.98 Å². The predicted octanol–water partition coefficient (Wildman–Crippen LogP) is 3.12. The zero-order chi connectivity index (χ0) is 13.9. The molecule has 5 nitrogen and oxygen atoms in total. The summed E-state index contributed by atoms with van der Waals surface area (Å²) in [5.41, 5.74) is 2.75. The molecule has 0 fully saturated rings. The van der Waals surface area contributed by atoms with Crippen LogP contribution in [0, 0.1) is 6.92 Å². The molecular formula is C15H13N3O2. The van der Waals surface area contributed by atoms with Crippen molar-refractivity contribution in [3.63, 3.8) is 0 Å². The molecule has 0 saturated heterocycles. The smallest absolute Gasteiger partial charge is 0.253 e. The molecule has 0 N–H and O–H groups in total. The van der Waals surface area contributed by atoms with Gasteiger partial charge in [0.25, 0.3) is 5.89 Å². The van der Waals surface area contributed by atoms with Gasteiger partial charge in [0.15, 0.2) is 0 Å². The van der Waals surface area contributed by atoms with Crippen molar-refractivity contribution in [1.29, 1.82) is 0 Å². The molecule has 0 atom stereocenters. The van der Waals surface area contributed by atoms with Crippen LogP contribution in [-0.4, -0.2) is 22.3 Å². The number of ether oxygens (including phenoxy) is 1. The highest BCUT2D eigenvalue weighted by atomic mass is 16.5. The monoisotopic (exact) mass is 267 g/mol. The van der Waals surface area contributed by atoms with Crippen molar-refractivity contribution in [2.75, 3.05) is 7.11 Å². The Hall–Kier alpha value is -2.69. The number of hydrogen-bond acceptors (Lipinski definition) is 5. The Balaban J connectivity index is 2.00. The van der Waals surface area contributed by atoms with Gasteiger partial charge in [0.05, 0.1) is 7.11 Å². The fourth-order valence-electron chi connectivity index (χ4n) is 1.86. The molecule has 0 unspecified atom stereocenters. The largest absolute Gasteiger partial charge is 0.480 e. The first-order valence-electron chi connectivity index (χ1n) is 6.18. The summed E-state index contributed by atoms with van der Waals surface area (Å²) in [6.45, 7) is 2.03. The molecule has 2 heterocycles. The summed E-state index contributed by atoms with van der Waals surface area (Å²) in [4.78, 5) is 4.12. The van der Waals surface area contributed by atoms with Crippen molar-refractivity contribution in [3.8, 4) is 28.8 Å². The van der Waals surface area contributed by atoms with Gasteiger partial charge in [0.2, 0.25) is 11.8 Å². The maximum atomic E-state index is 5.70. The minimum Gasteiger partial charge on any atom is -0.480 e. The van der Waals surface area contributed by atoms with E-state index in [9.17, 15) is 0 Å². The first-order valence-corrected chi connectivity index (χ1v) is 6.18. The van der Waals surface area contributed by atoms with E-state index in [4.69, 9.17) is 9.15 Å². The van der Waals surface area contributed by atoms with Gasteiger partial charge >= 0.3 is 0 Å². The Morgan fingerprint density at radius 1 is 1.00 bits per heavy atom. The average molecular weight is 267 g/mol. The fourth-order valence-corrected chi connectivity index (χ4v) is 1.86. The Morgan fingerprint density at radius 2 is 1.75 bits per heavy atom. The standard InChI is InChI=1S/C15H13N3O2/c1-10-5-7-11(8-6-10)13-17-18-15(20-13)12-4-3-9-16-14(12)19-2/h3-9H,1-2H3. The fraction of sp³-hybridized carbons (Fsp3) is 0.133. The molecule has 1 aromatic carbocycles. The molecule has 100 valence electrons. The quantitative estimate of drug-likeness (QED) is 0.729. The van der Waals surface area contributed by atoms with Gasteiger partial charge in [-0.3, -0.25) is 0 Å². The van der Waals surface area contributed by atoms with Gasteiger partial charge in [-0.2, -0.15) is 0 Å². The van der Waals surface area contributed by atoms with E-state index in [-0.39, 0.29) is 0 Å². The van der Waals surface area contributed by atoms with Crippen LogP contribution in [-0.2, 0) is 0 Å². The second-order valence-corrected chi connectivity index (χ2v) is 4.34. The third-order valence-electron chi connectivity index (χ3n) is 2.92. The number of nitrogens with zero attached hydrogens (tertiary/aromatic N) is 3. The summed E-state index contributed by atoms with van der Waals surface area (Å²) < 4.78 is 10.9. The first-order chi connectivity index (χ1) is 9.78. The van der Waals surface area contributed by atoms with Crippen LogP contribution in [0.4, 0.5) is 0 Å². The summed E-state index contributed by atoms with van der Waals surface area (Å²) in [6.07, 6.45) is 1.65. The lowest BCUT2D eigenvalue weighted by Gasteiger charge is -2.01. The topological polar surface area (TPSA) is 61.0 Å². The number of rotatable bonds is 3. The molecule has 2 aromatic heterocycles. The van der Waals surface area contributed by atoms with Crippen LogP contribution in [0.1, 0.15) is 5.56 Å². The normalized spacial score (nSPS) is 10.5. The van der Waals surface area contributed by atoms with Crippen LogP contribution in [0.3, 0.4) is 0 Å². The van der Waals surface area contributed by atoms with Crippen molar-refractivity contribution in [2.24, 2.45) is 0 Å². The van der Waals surface area contributed by atoms with Gasteiger partial charge in [-0.15, -0.1) is 10.2 Å². The molecule has 3 rings (SSSR count).